The summed E-state index contributed by atoms with van der Waals surface area (Å²) < 4.78 is 2.64. The van der Waals surface area contributed by atoms with Gasteiger partial charge < -0.3 is 4.90 Å². The van der Waals surface area contributed by atoms with Gasteiger partial charge in [0.15, 0.2) is 0 Å². The summed E-state index contributed by atoms with van der Waals surface area (Å²) in [5.74, 6) is 0. The van der Waals surface area contributed by atoms with Gasteiger partial charge in [-0.25, -0.2) is 0 Å². The maximum Gasteiger partial charge on any atom is 0.0543 e. The number of hydrogen-bond acceptors (Lipinski definition) is 2. The predicted octanol–water partition coefficient (Wildman–Crippen LogP) is 24.0. The molecule has 10 unspecified atom stereocenters. The number of nitrogens with zero attached hydrogens (tertiary/aromatic N) is 1. The summed E-state index contributed by atoms with van der Waals surface area (Å²) in [5.41, 5.74) is 16.7. The monoisotopic (exact) mass is 1240 g/mol. The van der Waals surface area contributed by atoms with Gasteiger partial charge in [-0.2, -0.15) is 0 Å². The first-order valence-electron chi connectivity index (χ1n) is 21.6. The molecule has 350 valence electrons. The van der Waals surface area contributed by atoms with E-state index in [0.717, 1.165) is 0 Å². The Morgan fingerprint density at radius 3 is 1.22 bits per heavy atom. The molecule has 2 aliphatic carbocycles. The molecule has 1 nitrogen and oxygen atoms in total. The number of rotatable bonds is 11. The summed E-state index contributed by atoms with van der Waals surface area (Å²) in [6.45, 7) is 10.2. The van der Waals surface area contributed by atoms with Gasteiger partial charge in [0.05, 0.1) is 17.1 Å². The summed E-state index contributed by atoms with van der Waals surface area (Å²) >= 11 is 1.88. The number of thiophene rings is 1. The minimum Gasteiger partial charge on any atom is -0.309 e. The molecule has 0 amide bonds. The standard InChI is InChI=1S/C48H37NS.H20P18/c1-47(2)35-21-9-5-17-32(35)45-37(47)23-14-26-40(45)49(41-27-15-24-38-46(41)33-18-6-10-22-36(33)48(38,3)4)39-25-11-7-16-30(39)31-20-13-29-43-44(31)34-19-8-12-28-42(34)50-43;1-11(2)16(12(3)4)18(15(9)10)17(13(5)6)14(7)8/h5-29H,1-4H3;1-10H2. The molecule has 0 saturated carbocycles. The number of para-hydroxylation sites is 1. The lowest BCUT2D eigenvalue weighted by atomic mass is 9.82. The van der Waals surface area contributed by atoms with Crippen LogP contribution in [0.1, 0.15) is 49.9 Å². The van der Waals surface area contributed by atoms with E-state index in [1.165, 1.54) is 92.9 Å². The van der Waals surface area contributed by atoms with Gasteiger partial charge in [0, 0.05) is 47.7 Å². The van der Waals surface area contributed by atoms with Crippen molar-refractivity contribution in [2.24, 2.45) is 0 Å². The lowest BCUT2D eigenvalue weighted by Crippen LogP contribution is -2.17. The van der Waals surface area contributed by atoms with Crippen molar-refractivity contribution in [3.8, 4) is 33.4 Å². The van der Waals surface area contributed by atoms with E-state index < -0.39 is 0 Å². The Labute approximate surface area is 440 Å². The highest BCUT2D eigenvalue weighted by Crippen LogP contribution is 3.28. The molecular formula is C48H57NP18S. The average molecular weight is 1240 g/mol. The largest absolute Gasteiger partial charge is 0.309 e. The molecule has 0 aliphatic heterocycles. The first-order chi connectivity index (χ1) is 32.5. The second-order valence-electron chi connectivity index (χ2n) is 17.6. The molecule has 1 heterocycles. The first kappa shape index (κ1) is 55.1. The van der Waals surface area contributed by atoms with Crippen molar-refractivity contribution >= 4 is 194 Å². The molecule has 0 radical (unpaired) electrons. The van der Waals surface area contributed by atoms with Gasteiger partial charge in [0.2, 0.25) is 0 Å². The summed E-state index contributed by atoms with van der Waals surface area (Å²) in [4.78, 5) is 2.59. The molecular weight excluding hydrogens is 1180 g/mol. The molecule has 20 heteroatoms. The predicted molar refractivity (Wildman–Crippen MR) is 367 cm³/mol. The quantitative estimate of drug-likeness (QED) is 0.117. The third kappa shape index (κ3) is 10.4. The molecule has 2 aliphatic rings. The second-order valence-corrected chi connectivity index (χ2v) is 89.0. The molecule has 0 N–H and O–H groups in total. The Morgan fingerprint density at radius 1 is 0.353 bits per heavy atom. The van der Waals surface area contributed by atoms with E-state index in [9.17, 15) is 0 Å². The van der Waals surface area contributed by atoms with Crippen LogP contribution in [0.3, 0.4) is 0 Å². The first-order valence-corrected chi connectivity index (χ1v) is 54.3. The molecule has 8 aromatic rings. The number of anilines is 3. The second kappa shape index (κ2) is 23.1. The topological polar surface area (TPSA) is 3.24 Å². The van der Waals surface area contributed by atoms with Crippen LogP contribution >= 0.6 is 157 Å². The van der Waals surface area contributed by atoms with E-state index in [0.29, 0.717) is 0 Å². The van der Waals surface area contributed by atoms with Gasteiger partial charge in [-0.3, -0.25) is 0 Å². The average Bonchev–Trinajstić information content (AvgIpc) is 3.89. The molecule has 10 rings (SSSR count). The Kier molecular flexibility index (Phi) is 18.7. The number of benzene rings is 7. The normalized spacial score (nSPS) is 14.4. The minimum atomic E-state index is -0.110. The van der Waals surface area contributed by atoms with Crippen molar-refractivity contribution < 1.29 is 0 Å². The Hall–Kier alpha value is 2.30. The van der Waals surface area contributed by atoms with E-state index in [2.05, 4.69) is 274 Å². The highest BCUT2D eigenvalue weighted by Gasteiger charge is 2.42. The van der Waals surface area contributed by atoms with E-state index in [-0.39, 0.29) is 66.7 Å². The number of hydrogen-bond donors (Lipinski definition) is 0. The highest BCUT2D eigenvalue weighted by atomic mass is 33.4. The third-order valence-electron chi connectivity index (χ3n) is 12.8. The summed E-state index contributed by atoms with van der Waals surface area (Å²) in [6, 6.07) is 56.7. The van der Waals surface area contributed by atoms with E-state index in [1.54, 1.807) is 0 Å². The number of fused-ring (bicyclic) bond motifs is 9. The molecule has 0 bridgehead atoms. The smallest absolute Gasteiger partial charge is 0.0543 e. The maximum absolute atomic E-state index is 3.15. The molecule has 0 fully saturated rings. The molecule has 1 aromatic heterocycles. The molecule has 0 saturated heterocycles. The van der Waals surface area contributed by atoms with Crippen LogP contribution in [0.15, 0.2) is 152 Å². The Bertz CT molecular complexity index is 3010. The van der Waals surface area contributed by atoms with Gasteiger partial charge in [-0.1, -0.05) is 149 Å². The van der Waals surface area contributed by atoms with Crippen LogP contribution in [0.4, 0.5) is 17.1 Å². The molecule has 7 aromatic carbocycles. The van der Waals surface area contributed by atoms with E-state index in [1.807, 2.05) is 11.3 Å². The molecule has 10 atom stereocenters. The summed E-state index contributed by atoms with van der Waals surface area (Å²) in [7, 11) is 31.2. The van der Waals surface area contributed by atoms with Crippen molar-refractivity contribution in [2.75, 3.05) is 4.90 Å². The van der Waals surface area contributed by atoms with Crippen LogP contribution < -0.4 is 4.90 Å². The van der Waals surface area contributed by atoms with Crippen LogP contribution in [-0.4, -0.2) is 0 Å². The zero-order chi connectivity index (χ0) is 48.4. The van der Waals surface area contributed by atoms with E-state index >= 15 is 0 Å². The van der Waals surface area contributed by atoms with Gasteiger partial charge in [0.1, 0.15) is 0 Å². The van der Waals surface area contributed by atoms with E-state index in [4.69, 9.17) is 0 Å². The zero-order valence-electron chi connectivity index (χ0n) is 38.1. The van der Waals surface area contributed by atoms with Crippen molar-refractivity contribution in [3.63, 3.8) is 0 Å². The van der Waals surface area contributed by atoms with Crippen molar-refractivity contribution in [1.82, 2.24) is 0 Å². The molecule has 68 heavy (non-hydrogen) atoms. The lowest BCUT2D eigenvalue weighted by Gasteiger charge is -2.43. The van der Waals surface area contributed by atoms with Gasteiger partial charge in [0.25, 0.3) is 0 Å². The maximum atomic E-state index is 3.15. The van der Waals surface area contributed by atoms with Crippen LogP contribution in [0.2, 0.25) is 0 Å². The fourth-order valence-corrected chi connectivity index (χ4v) is 220. The minimum absolute atomic E-state index is 0.0415. The zero-order valence-corrected chi connectivity index (χ0v) is 57.7. The fraction of sp³-hybridized carbons (Fsp3) is 0.125. The van der Waals surface area contributed by atoms with Gasteiger partial charge >= 0.3 is 0 Å². The van der Waals surface area contributed by atoms with Crippen LogP contribution in [0, 0.1) is 0 Å². The van der Waals surface area contributed by atoms with Gasteiger partial charge in [-0.05, 0) is 125 Å². The third-order valence-corrected chi connectivity index (χ3v) is 122. The SMILES string of the molecule is CC1(C)c2ccccc2-c2c(N(c3ccccc3-c3cccc4sc5ccccc5c34)c3cccc4c3-c3ccccc3C4(C)C)cccc21.PP(P)P(P(P)P)P(P(P)P)P(P(P)P)P(P)P. The summed E-state index contributed by atoms with van der Waals surface area (Å²) in [5, 5.41) is 2.65. The fourth-order valence-electron chi connectivity index (χ4n) is 9.99. The Balaban J connectivity index is 0.000000275. The van der Waals surface area contributed by atoms with Gasteiger partial charge in [-0.15, -0.1) is 101 Å². The van der Waals surface area contributed by atoms with Crippen molar-refractivity contribution in [1.29, 1.82) is 0 Å². The van der Waals surface area contributed by atoms with Crippen LogP contribution in [0.25, 0.3) is 53.6 Å². The molecule has 0 spiro atoms. The Morgan fingerprint density at radius 2 is 0.721 bits per heavy atom. The van der Waals surface area contributed by atoms with Crippen LogP contribution in [-0.2, 0) is 10.8 Å². The highest BCUT2D eigenvalue weighted by molar-refractivity contribution is 9.33. The van der Waals surface area contributed by atoms with Crippen molar-refractivity contribution in [2.45, 2.75) is 38.5 Å². The summed E-state index contributed by atoms with van der Waals surface area (Å²) in [6.07, 6.45) is 0. The van der Waals surface area contributed by atoms with Crippen molar-refractivity contribution in [3.05, 3.63) is 174 Å². The van der Waals surface area contributed by atoms with Crippen LogP contribution in [0.5, 0.6) is 0 Å². The lowest BCUT2D eigenvalue weighted by molar-refractivity contribution is 0.660.